The van der Waals surface area contributed by atoms with Gasteiger partial charge in [-0.25, -0.2) is 0 Å². The van der Waals surface area contributed by atoms with Crippen LogP contribution in [0.15, 0.2) is 24.5 Å². The van der Waals surface area contributed by atoms with E-state index in [0.717, 1.165) is 12.0 Å². The Bertz CT molecular complexity index is 475. The maximum absolute atomic E-state index is 12.5. The highest BCUT2D eigenvalue weighted by Crippen LogP contribution is 2.19. The van der Waals surface area contributed by atoms with Gasteiger partial charge in [0.05, 0.1) is 0 Å². The lowest BCUT2D eigenvalue weighted by Gasteiger charge is -2.38. The molecule has 1 saturated heterocycles. The smallest absolute Gasteiger partial charge is 0.246 e. The second kappa shape index (κ2) is 6.50. The van der Waals surface area contributed by atoms with Crippen LogP contribution in [0.4, 0.5) is 0 Å². The number of nitrogens with zero attached hydrogens (tertiary/aromatic N) is 2. The third kappa shape index (κ3) is 2.98. The Morgan fingerprint density at radius 2 is 1.95 bits per heavy atom. The fraction of sp³-hybridized carbons (Fsp3) is 0.533. The van der Waals surface area contributed by atoms with Crippen LogP contribution in [0.5, 0.6) is 0 Å². The fourth-order valence-electron chi connectivity index (χ4n) is 2.54. The molecule has 0 saturated carbocycles. The summed E-state index contributed by atoms with van der Waals surface area (Å²) in [6.45, 7) is 4.40. The molecule has 0 radical (unpaired) electrons. The average Bonchev–Trinajstić information content (AvgIpc) is 2.47. The van der Waals surface area contributed by atoms with Crippen molar-refractivity contribution in [3.63, 3.8) is 0 Å². The summed E-state index contributed by atoms with van der Waals surface area (Å²) in [6.07, 6.45) is 5.59. The molecule has 2 rings (SSSR count). The van der Waals surface area contributed by atoms with Crippen molar-refractivity contribution >= 4 is 11.8 Å². The van der Waals surface area contributed by atoms with Crippen molar-refractivity contribution in [2.45, 2.75) is 51.7 Å². The molecular weight excluding hydrogens is 254 g/mol. The number of rotatable bonds is 5. The molecule has 0 bridgehead atoms. The zero-order valence-electron chi connectivity index (χ0n) is 12.0. The van der Waals surface area contributed by atoms with E-state index < -0.39 is 6.04 Å². The minimum absolute atomic E-state index is 0.0161. The molecule has 1 aromatic heterocycles. The predicted molar refractivity (Wildman–Crippen MR) is 75.7 cm³/mol. The van der Waals surface area contributed by atoms with Crippen molar-refractivity contribution < 1.29 is 9.59 Å². The van der Waals surface area contributed by atoms with E-state index in [1.54, 1.807) is 17.3 Å². The molecule has 0 spiro atoms. The van der Waals surface area contributed by atoms with E-state index in [0.29, 0.717) is 19.4 Å². The van der Waals surface area contributed by atoms with Crippen LogP contribution in [-0.2, 0) is 16.1 Å². The summed E-state index contributed by atoms with van der Waals surface area (Å²) in [6, 6.07) is 3.01. The second-order valence-electron chi connectivity index (χ2n) is 5.10. The van der Waals surface area contributed by atoms with Gasteiger partial charge < -0.3 is 10.2 Å². The Kier molecular flexibility index (Phi) is 4.71. The van der Waals surface area contributed by atoms with Gasteiger partial charge in [0.1, 0.15) is 12.1 Å². The lowest BCUT2D eigenvalue weighted by Crippen LogP contribution is -2.62. The van der Waals surface area contributed by atoms with E-state index >= 15 is 0 Å². The summed E-state index contributed by atoms with van der Waals surface area (Å²) >= 11 is 0. The van der Waals surface area contributed by atoms with Gasteiger partial charge in [-0.05, 0) is 30.5 Å². The summed E-state index contributed by atoms with van der Waals surface area (Å²) < 4.78 is 0. The van der Waals surface area contributed by atoms with Gasteiger partial charge >= 0.3 is 0 Å². The van der Waals surface area contributed by atoms with Crippen molar-refractivity contribution in [1.82, 2.24) is 15.2 Å². The van der Waals surface area contributed by atoms with Crippen molar-refractivity contribution in [1.29, 1.82) is 0 Å². The summed E-state index contributed by atoms with van der Waals surface area (Å²) in [5.74, 6) is -0.0188. The predicted octanol–water partition coefficient (Wildman–Crippen LogP) is 1.49. The van der Waals surface area contributed by atoms with Gasteiger partial charge in [-0.1, -0.05) is 20.3 Å². The minimum Gasteiger partial charge on any atom is -0.343 e. The van der Waals surface area contributed by atoms with E-state index in [4.69, 9.17) is 0 Å². The quantitative estimate of drug-likeness (QED) is 0.885. The molecule has 0 aromatic carbocycles. The number of carbonyl (C=O) groups excluding carboxylic acids is 2. The van der Waals surface area contributed by atoms with Gasteiger partial charge in [-0.3, -0.25) is 14.6 Å². The fourth-order valence-corrected chi connectivity index (χ4v) is 2.54. The summed E-state index contributed by atoms with van der Waals surface area (Å²) in [4.78, 5) is 30.4. The standard InChI is InChI=1S/C15H21N3O2/c1-3-5-13-14(19)17-12(4-2)15(20)18(13)10-11-6-8-16-9-7-11/h6-9,12-13H,3-5,10H2,1-2H3,(H,17,19). The zero-order valence-corrected chi connectivity index (χ0v) is 12.0. The Hall–Kier alpha value is -1.91. The first-order chi connectivity index (χ1) is 9.67. The van der Waals surface area contributed by atoms with Crippen LogP contribution in [0.3, 0.4) is 0 Å². The van der Waals surface area contributed by atoms with E-state index in [2.05, 4.69) is 10.3 Å². The van der Waals surface area contributed by atoms with Crippen molar-refractivity contribution in [2.75, 3.05) is 0 Å². The van der Waals surface area contributed by atoms with E-state index in [1.165, 1.54) is 0 Å². The number of pyridine rings is 1. The van der Waals surface area contributed by atoms with Crippen molar-refractivity contribution in [2.24, 2.45) is 0 Å². The SMILES string of the molecule is CCCC1C(=O)NC(CC)C(=O)N1Cc1ccncc1. The maximum Gasteiger partial charge on any atom is 0.246 e. The molecule has 2 heterocycles. The van der Waals surface area contributed by atoms with Crippen LogP contribution in [-0.4, -0.2) is 33.8 Å². The van der Waals surface area contributed by atoms with Gasteiger partial charge in [0, 0.05) is 18.9 Å². The van der Waals surface area contributed by atoms with Crippen LogP contribution >= 0.6 is 0 Å². The first-order valence-corrected chi connectivity index (χ1v) is 7.17. The number of aromatic nitrogens is 1. The molecule has 1 aliphatic heterocycles. The topological polar surface area (TPSA) is 62.3 Å². The highest BCUT2D eigenvalue weighted by Gasteiger charge is 2.38. The van der Waals surface area contributed by atoms with Crippen LogP contribution in [0.25, 0.3) is 0 Å². The largest absolute Gasteiger partial charge is 0.343 e. The average molecular weight is 275 g/mol. The zero-order chi connectivity index (χ0) is 14.5. The number of hydrogen-bond donors (Lipinski definition) is 1. The van der Waals surface area contributed by atoms with E-state index in [9.17, 15) is 9.59 Å². The van der Waals surface area contributed by atoms with Gasteiger partial charge in [0.15, 0.2) is 0 Å². The van der Waals surface area contributed by atoms with Gasteiger partial charge in [-0.15, -0.1) is 0 Å². The Morgan fingerprint density at radius 3 is 2.55 bits per heavy atom. The highest BCUT2D eigenvalue weighted by molar-refractivity contribution is 5.96. The van der Waals surface area contributed by atoms with Gasteiger partial charge in [-0.2, -0.15) is 0 Å². The normalized spacial score (nSPS) is 22.8. The molecule has 20 heavy (non-hydrogen) atoms. The van der Waals surface area contributed by atoms with E-state index in [-0.39, 0.29) is 17.9 Å². The Labute approximate surface area is 119 Å². The molecule has 2 atom stereocenters. The molecule has 108 valence electrons. The van der Waals surface area contributed by atoms with Crippen molar-refractivity contribution in [3.05, 3.63) is 30.1 Å². The number of piperazine rings is 1. The van der Waals surface area contributed by atoms with Crippen molar-refractivity contribution in [3.8, 4) is 0 Å². The van der Waals surface area contributed by atoms with E-state index in [1.807, 2.05) is 26.0 Å². The molecule has 5 nitrogen and oxygen atoms in total. The molecule has 5 heteroatoms. The van der Waals surface area contributed by atoms with Crippen LogP contribution < -0.4 is 5.32 Å². The molecule has 1 fully saturated rings. The molecule has 0 aliphatic carbocycles. The number of carbonyl (C=O) groups is 2. The Balaban J connectivity index is 2.22. The highest BCUT2D eigenvalue weighted by atomic mass is 16.2. The van der Waals surface area contributed by atoms with Gasteiger partial charge in [0.25, 0.3) is 0 Å². The third-order valence-electron chi connectivity index (χ3n) is 3.65. The molecule has 1 aliphatic rings. The summed E-state index contributed by atoms with van der Waals surface area (Å²) in [5, 5.41) is 2.82. The number of amides is 2. The first kappa shape index (κ1) is 14.5. The van der Waals surface area contributed by atoms with Crippen LogP contribution in [0, 0.1) is 0 Å². The third-order valence-corrected chi connectivity index (χ3v) is 3.65. The Morgan fingerprint density at radius 1 is 1.25 bits per heavy atom. The lowest BCUT2D eigenvalue weighted by molar-refractivity contribution is -0.150. The lowest BCUT2D eigenvalue weighted by atomic mass is 10.0. The maximum atomic E-state index is 12.5. The molecule has 1 N–H and O–H groups in total. The van der Waals surface area contributed by atoms with Crippen LogP contribution in [0.1, 0.15) is 38.7 Å². The second-order valence-corrected chi connectivity index (χ2v) is 5.10. The first-order valence-electron chi connectivity index (χ1n) is 7.17. The molecule has 2 amide bonds. The van der Waals surface area contributed by atoms with Gasteiger partial charge in [0.2, 0.25) is 11.8 Å². The number of nitrogens with one attached hydrogen (secondary N) is 1. The van der Waals surface area contributed by atoms with Crippen LogP contribution in [0.2, 0.25) is 0 Å². The molecule has 2 unspecified atom stereocenters. The monoisotopic (exact) mass is 275 g/mol. The summed E-state index contributed by atoms with van der Waals surface area (Å²) in [5.41, 5.74) is 0.999. The number of hydrogen-bond acceptors (Lipinski definition) is 3. The minimum atomic E-state index is -0.391. The molecule has 1 aromatic rings. The summed E-state index contributed by atoms with van der Waals surface area (Å²) in [7, 11) is 0. The molecular formula is C15H21N3O2.